The first-order valence-corrected chi connectivity index (χ1v) is 8.42. The number of hydrogen-bond donors (Lipinski definition) is 0. The Balaban J connectivity index is 2.42. The van der Waals surface area contributed by atoms with Crippen LogP contribution >= 0.6 is 0 Å². The summed E-state index contributed by atoms with van der Waals surface area (Å²) in [4.78, 5) is 35.7. The molecule has 3 atom stereocenters. The summed E-state index contributed by atoms with van der Waals surface area (Å²) in [5.74, 6) is -1.46. The van der Waals surface area contributed by atoms with Gasteiger partial charge in [0.25, 0.3) is 0 Å². The molecule has 0 bridgehead atoms. The third-order valence-corrected chi connectivity index (χ3v) is 4.66. The number of fused-ring (bicyclic) bond motifs is 1. The molecule has 0 N–H and O–H groups in total. The Morgan fingerprint density at radius 3 is 2.80 bits per heavy atom. The van der Waals surface area contributed by atoms with Crippen LogP contribution in [0.2, 0.25) is 0 Å². The first kappa shape index (κ1) is 18.9. The zero-order valence-electron chi connectivity index (χ0n) is 14.9. The van der Waals surface area contributed by atoms with E-state index < -0.39 is 30.1 Å². The summed E-state index contributed by atoms with van der Waals surface area (Å²) < 4.78 is 11.1. The molecule has 2 aliphatic rings. The number of carbonyl (C=O) groups excluding carboxylic acids is 3. The van der Waals surface area contributed by atoms with Crippen LogP contribution in [-0.4, -0.2) is 30.4 Å². The van der Waals surface area contributed by atoms with Crippen molar-refractivity contribution < 1.29 is 23.9 Å². The lowest BCUT2D eigenvalue weighted by Crippen LogP contribution is -2.34. The Hall–Kier alpha value is -2.43. The highest BCUT2D eigenvalue weighted by Gasteiger charge is 2.44. The maximum Gasteiger partial charge on any atom is 0.334 e. The van der Waals surface area contributed by atoms with Crippen molar-refractivity contribution >= 4 is 18.2 Å². The minimum atomic E-state index is -0.690. The highest BCUT2D eigenvalue weighted by atomic mass is 16.6. The minimum absolute atomic E-state index is 0.232. The lowest BCUT2D eigenvalue weighted by Gasteiger charge is -2.27. The highest BCUT2D eigenvalue weighted by molar-refractivity contribution is 5.92. The lowest BCUT2D eigenvalue weighted by atomic mass is 9.85. The lowest BCUT2D eigenvalue weighted by molar-refractivity contribution is -0.147. The van der Waals surface area contributed by atoms with Crippen molar-refractivity contribution in [3.63, 3.8) is 0 Å². The van der Waals surface area contributed by atoms with Crippen LogP contribution in [0.15, 0.2) is 47.1 Å². The Morgan fingerprint density at radius 1 is 1.44 bits per heavy atom. The molecule has 0 aromatic carbocycles. The van der Waals surface area contributed by atoms with E-state index in [2.05, 4.69) is 6.58 Å². The fourth-order valence-corrected chi connectivity index (χ4v) is 3.03. The SMILES string of the molecule is C=C1C(=O)O[C@@H]2/C=C(/C)CC/C=C(/C=O)C[C@@H](OC(=O)/C(C)=C/C)[C@@H]12. The standard InChI is InChI=1S/C20H24O5/c1-5-13(3)19(22)24-17-10-15(11-21)8-6-7-12(2)9-16-18(17)14(4)20(23)25-16/h5,8-9,11,16-18H,4,6-7,10H2,1-3H3/b12-9-,13-5+,15-8+/t16-,17-,18+/m1/s1. The van der Waals surface area contributed by atoms with Crippen molar-refractivity contribution in [2.24, 2.45) is 5.92 Å². The number of ether oxygens (including phenoxy) is 2. The molecule has 5 nitrogen and oxygen atoms in total. The highest BCUT2D eigenvalue weighted by Crippen LogP contribution is 2.36. The predicted octanol–water partition coefficient (Wildman–Crippen LogP) is 3.22. The molecule has 134 valence electrons. The van der Waals surface area contributed by atoms with E-state index in [0.717, 1.165) is 18.3 Å². The van der Waals surface area contributed by atoms with Crippen LogP contribution in [-0.2, 0) is 23.9 Å². The molecule has 0 spiro atoms. The fraction of sp³-hybridized carbons (Fsp3) is 0.450. The largest absolute Gasteiger partial charge is 0.458 e. The first-order valence-electron chi connectivity index (χ1n) is 8.42. The summed E-state index contributed by atoms with van der Waals surface area (Å²) in [5.41, 5.74) is 2.34. The van der Waals surface area contributed by atoms with Gasteiger partial charge in [-0.1, -0.05) is 24.3 Å². The van der Waals surface area contributed by atoms with Gasteiger partial charge in [0.15, 0.2) is 0 Å². The molecule has 0 saturated carbocycles. The maximum absolute atomic E-state index is 12.3. The molecule has 0 amide bonds. The second kappa shape index (κ2) is 8.10. The van der Waals surface area contributed by atoms with Crippen LogP contribution in [0.4, 0.5) is 0 Å². The summed E-state index contributed by atoms with van der Waals surface area (Å²) in [5, 5.41) is 0. The third-order valence-electron chi connectivity index (χ3n) is 4.66. The van der Waals surface area contributed by atoms with Crippen LogP contribution in [0, 0.1) is 5.92 Å². The van der Waals surface area contributed by atoms with Crippen LogP contribution in [0.3, 0.4) is 0 Å². The molecule has 0 aromatic rings. The van der Waals surface area contributed by atoms with Crippen LogP contribution in [0.25, 0.3) is 0 Å². The Bertz CT molecular complexity index is 680. The van der Waals surface area contributed by atoms with E-state index in [0.29, 0.717) is 17.6 Å². The molecule has 0 aromatic heterocycles. The van der Waals surface area contributed by atoms with Crippen molar-refractivity contribution in [3.8, 4) is 0 Å². The fourth-order valence-electron chi connectivity index (χ4n) is 3.03. The van der Waals surface area contributed by atoms with Gasteiger partial charge in [0, 0.05) is 17.6 Å². The number of carbonyl (C=O) groups is 3. The van der Waals surface area contributed by atoms with Gasteiger partial charge in [0.2, 0.25) is 0 Å². The second-order valence-corrected chi connectivity index (χ2v) is 6.49. The van der Waals surface area contributed by atoms with Gasteiger partial charge in [-0.3, -0.25) is 4.79 Å². The Labute approximate surface area is 148 Å². The average Bonchev–Trinajstić information content (AvgIpc) is 2.85. The van der Waals surface area contributed by atoms with Crippen molar-refractivity contribution in [2.45, 2.75) is 52.2 Å². The van der Waals surface area contributed by atoms with Gasteiger partial charge >= 0.3 is 11.9 Å². The van der Waals surface area contributed by atoms with E-state index in [4.69, 9.17) is 9.47 Å². The van der Waals surface area contributed by atoms with E-state index in [1.807, 2.05) is 19.1 Å². The normalized spacial score (nSPS) is 31.8. The summed E-state index contributed by atoms with van der Waals surface area (Å²) in [7, 11) is 0. The summed E-state index contributed by atoms with van der Waals surface area (Å²) in [6.45, 7) is 9.18. The number of aldehydes is 1. The maximum atomic E-state index is 12.3. The van der Waals surface area contributed by atoms with Gasteiger partial charge in [-0.2, -0.15) is 0 Å². The van der Waals surface area contributed by atoms with Crippen molar-refractivity contribution in [1.29, 1.82) is 0 Å². The van der Waals surface area contributed by atoms with E-state index >= 15 is 0 Å². The molecule has 25 heavy (non-hydrogen) atoms. The number of allylic oxidation sites excluding steroid dienone is 3. The Morgan fingerprint density at radius 2 is 2.16 bits per heavy atom. The molecule has 1 aliphatic carbocycles. The number of esters is 2. The van der Waals surface area contributed by atoms with Gasteiger partial charge in [-0.15, -0.1) is 0 Å². The van der Waals surface area contributed by atoms with Crippen LogP contribution in [0.5, 0.6) is 0 Å². The molecule has 1 fully saturated rings. The molecule has 1 heterocycles. The predicted molar refractivity (Wildman–Crippen MR) is 93.6 cm³/mol. The molecular weight excluding hydrogens is 320 g/mol. The monoisotopic (exact) mass is 344 g/mol. The van der Waals surface area contributed by atoms with E-state index in [-0.39, 0.29) is 12.0 Å². The zero-order valence-corrected chi connectivity index (χ0v) is 14.9. The molecular formula is C20H24O5. The summed E-state index contributed by atoms with van der Waals surface area (Å²) in [6, 6.07) is 0. The number of hydrogen-bond acceptors (Lipinski definition) is 5. The van der Waals surface area contributed by atoms with Crippen LogP contribution in [0.1, 0.15) is 40.0 Å². The molecule has 1 aliphatic heterocycles. The molecule has 5 heteroatoms. The smallest absolute Gasteiger partial charge is 0.334 e. The van der Waals surface area contributed by atoms with Gasteiger partial charge in [0.1, 0.15) is 18.5 Å². The topological polar surface area (TPSA) is 69.7 Å². The van der Waals surface area contributed by atoms with Crippen molar-refractivity contribution in [2.75, 3.05) is 0 Å². The van der Waals surface area contributed by atoms with Crippen molar-refractivity contribution in [1.82, 2.24) is 0 Å². The molecule has 0 unspecified atom stereocenters. The van der Waals surface area contributed by atoms with Gasteiger partial charge in [-0.25, -0.2) is 9.59 Å². The molecule has 1 saturated heterocycles. The quantitative estimate of drug-likeness (QED) is 0.340. The van der Waals surface area contributed by atoms with E-state index in [1.54, 1.807) is 19.9 Å². The average molecular weight is 344 g/mol. The van der Waals surface area contributed by atoms with Crippen LogP contribution < -0.4 is 0 Å². The van der Waals surface area contributed by atoms with Gasteiger partial charge in [-0.05, 0) is 45.3 Å². The van der Waals surface area contributed by atoms with Crippen molar-refractivity contribution in [3.05, 3.63) is 47.1 Å². The van der Waals surface area contributed by atoms with E-state index in [9.17, 15) is 14.4 Å². The second-order valence-electron chi connectivity index (χ2n) is 6.49. The summed E-state index contributed by atoms with van der Waals surface area (Å²) >= 11 is 0. The Kier molecular flexibility index (Phi) is 6.12. The van der Waals surface area contributed by atoms with E-state index in [1.165, 1.54) is 0 Å². The molecule has 2 rings (SSSR count). The third kappa shape index (κ3) is 4.35. The van der Waals surface area contributed by atoms with Gasteiger partial charge < -0.3 is 9.47 Å². The zero-order chi connectivity index (χ0) is 18.6. The first-order chi connectivity index (χ1) is 11.9. The summed E-state index contributed by atoms with van der Waals surface area (Å²) in [6.07, 6.45) is 6.67. The van der Waals surface area contributed by atoms with Gasteiger partial charge in [0.05, 0.1) is 5.92 Å². The minimum Gasteiger partial charge on any atom is -0.458 e. The molecule has 0 radical (unpaired) electrons. The number of rotatable bonds is 3.